The van der Waals surface area contributed by atoms with Crippen LogP contribution in [0.4, 0.5) is 0 Å². The summed E-state index contributed by atoms with van der Waals surface area (Å²) >= 11 is 0. The zero-order valence-corrected chi connectivity index (χ0v) is 11.5. The van der Waals surface area contributed by atoms with E-state index in [1.807, 2.05) is 19.2 Å². The summed E-state index contributed by atoms with van der Waals surface area (Å²) in [7, 11) is -1.12. The van der Waals surface area contributed by atoms with E-state index in [2.05, 4.69) is 12.2 Å². The van der Waals surface area contributed by atoms with Crippen molar-refractivity contribution in [2.75, 3.05) is 12.8 Å². The van der Waals surface area contributed by atoms with Gasteiger partial charge in [0.1, 0.15) is 0 Å². The molecule has 0 aromatic heterocycles. The summed E-state index contributed by atoms with van der Waals surface area (Å²) in [4.78, 5) is 0.418. The van der Waals surface area contributed by atoms with Crippen LogP contribution in [0.2, 0.25) is 0 Å². The molecule has 1 aromatic rings. The Labute approximate surface area is 104 Å². The Bertz CT molecular complexity index is 433. The zero-order valence-electron chi connectivity index (χ0n) is 10.7. The predicted molar refractivity (Wildman–Crippen MR) is 71.0 cm³/mol. The van der Waals surface area contributed by atoms with Gasteiger partial charge < -0.3 is 5.32 Å². The molecule has 0 saturated heterocycles. The van der Waals surface area contributed by atoms with Gasteiger partial charge in [0.2, 0.25) is 0 Å². The molecule has 0 spiro atoms. The van der Waals surface area contributed by atoms with Gasteiger partial charge in [0, 0.05) is 6.04 Å². The molecular formula is C13H21NO2S. The first-order chi connectivity index (χ1) is 8.03. The average molecular weight is 255 g/mol. The Balaban J connectivity index is 2.82. The van der Waals surface area contributed by atoms with Crippen molar-refractivity contribution in [3.63, 3.8) is 0 Å². The van der Waals surface area contributed by atoms with Crippen molar-refractivity contribution in [2.45, 2.75) is 37.6 Å². The van der Waals surface area contributed by atoms with Crippen LogP contribution in [-0.2, 0) is 16.3 Å². The van der Waals surface area contributed by atoms with E-state index in [1.54, 1.807) is 19.1 Å². The molecule has 1 rings (SSSR count). The lowest BCUT2D eigenvalue weighted by atomic mass is 10.0. The highest BCUT2D eigenvalue weighted by Gasteiger charge is 2.11. The summed E-state index contributed by atoms with van der Waals surface area (Å²) < 4.78 is 23.3. The SMILES string of the molecule is CCC(Cc1ccc(S(=O)(=O)CC)cc1)NC. The van der Waals surface area contributed by atoms with E-state index in [9.17, 15) is 8.42 Å². The number of likely N-dealkylation sites (N-methyl/N-ethyl adjacent to an activating group) is 1. The van der Waals surface area contributed by atoms with E-state index in [0.29, 0.717) is 10.9 Å². The number of hydrogen-bond donors (Lipinski definition) is 1. The minimum absolute atomic E-state index is 0.153. The average Bonchev–Trinajstić information content (AvgIpc) is 2.36. The molecule has 0 heterocycles. The maximum Gasteiger partial charge on any atom is 0.178 e. The van der Waals surface area contributed by atoms with Gasteiger partial charge in [0.05, 0.1) is 10.6 Å². The topological polar surface area (TPSA) is 46.2 Å². The maximum atomic E-state index is 11.6. The summed E-state index contributed by atoms with van der Waals surface area (Å²) in [5.41, 5.74) is 1.17. The first-order valence-electron chi connectivity index (χ1n) is 6.02. The van der Waals surface area contributed by atoms with Crippen LogP contribution in [-0.4, -0.2) is 27.3 Å². The molecule has 0 saturated carbocycles. The van der Waals surface area contributed by atoms with Gasteiger partial charge in [-0.1, -0.05) is 26.0 Å². The Morgan fingerprint density at radius 3 is 2.18 bits per heavy atom. The number of nitrogens with one attached hydrogen (secondary N) is 1. The van der Waals surface area contributed by atoms with Crippen LogP contribution in [0, 0.1) is 0 Å². The number of rotatable bonds is 6. The third-order valence-corrected chi connectivity index (χ3v) is 4.80. The lowest BCUT2D eigenvalue weighted by Crippen LogP contribution is -2.26. The van der Waals surface area contributed by atoms with Crippen molar-refractivity contribution in [3.05, 3.63) is 29.8 Å². The van der Waals surface area contributed by atoms with E-state index in [4.69, 9.17) is 0 Å². The van der Waals surface area contributed by atoms with Gasteiger partial charge in [0.15, 0.2) is 9.84 Å². The molecule has 1 atom stereocenters. The molecule has 3 nitrogen and oxygen atoms in total. The second-order valence-electron chi connectivity index (χ2n) is 4.15. The Morgan fingerprint density at radius 1 is 1.18 bits per heavy atom. The fourth-order valence-electron chi connectivity index (χ4n) is 1.73. The van der Waals surface area contributed by atoms with E-state index >= 15 is 0 Å². The van der Waals surface area contributed by atoms with Crippen LogP contribution >= 0.6 is 0 Å². The Morgan fingerprint density at radius 2 is 1.76 bits per heavy atom. The minimum Gasteiger partial charge on any atom is -0.317 e. The molecule has 1 unspecified atom stereocenters. The van der Waals surface area contributed by atoms with E-state index in [0.717, 1.165) is 12.8 Å². The summed E-state index contributed by atoms with van der Waals surface area (Å²) in [5, 5.41) is 3.24. The van der Waals surface area contributed by atoms with Crippen molar-refractivity contribution < 1.29 is 8.42 Å². The lowest BCUT2D eigenvalue weighted by molar-refractivity contribution is 0.543. The third-order valence-electron chi connectivity index (χ3n) is 3.05. The number of hydrogen-bond acceptors (Lipinski definition) is 3. The second-order valence-corrected chi connectivity index (χ2v) is 6.42. The first kappa shape index (κ1) is 14.2. The van der Waals surface area contributed by atoms with Crippen molar-refractivity contribution >= 4 is 9.84 Å². The van der Waals surface area contributed by atoms with Gasteiger partial charge in [-0.25, -0.2) is 8.42 Å². The molecule has 0 fully saturated rings. The largest absolute Gasteiger partial charge is 0.317 e. The fourth-order valence-corrected chi connectivity index (χ4v) is 2.62. The first-order valence-corrected chi connectivity index (χ1v) is 7.67. The molecule has 1 N–H and O–H groups in total. The normalized spacial score (nSPS) is 13.6. The quantitative estimate of drug-likeness (QED) is 0.846. The van der Waals surface area contributed by atoms with Crippen molar-refractivity contribution in [2.24, 2.45) is 0 Å². The van der Waals surface area contributed by atoms with Gasteiger partial charge >= 0.3 is 0 Å². The van der Waals surface area contributed by atoms with Crippen molar-refractivity contribution in [1.82, 2.24) is 5.32 Å². The van der Waals surface area contributed by atoms with Crippen LogP contribution in [0.5, 0.6) is 0 Å². The number of sulfone groups is 1. The molecule has 0 aliphatic rings. The van der Waals surface area contributed by atoms with Gasteiger partial charge in [-0.2, -0.15) is 0 Å². The van der Waals surface area contributed by atoms with Crippen molar-refractivity contribution in [3.8, 4) is 0 Å². The van der Waals surface area contributed by atoms with E-state index in [-0.39, 0.29) is 5.75 Å². The van der Waals surface area contributed by atoms with E-state index in [1.165, 1.54) is 5.56 Å². The molecule has 0 radical (unpaired) electrons. The third kappa shape index (κ3) is 3.82. The van der Waals surface area contributed by atoms with Gasteiger partial charge in [-0.05, 0) is 37.6 Å². The molecule has 1 aromatic carbocycles. The molecule has 0 amide bonds. The second kappa shape index (κ2) is 6.17. The molecule has 96 valence electrons. The molecule has 0 bridgehead atoms. The van der Waals surface area contributed by atoms with Gasteiger partial charge in [0.25, 0.3) is 0 Å². The highest BCUT2D eigenvalue weighted by molar-refractivity contribution is 7.91. The van der Waals surface area contributed by atoms with Gasteiger partial charge in [-0.15, -0.1) is 0 Å². The van der Waals surface area contributed by atoms with Crippen LogP contribution in [0.15, 0.2) is 29.2 Å². The monoisotopic (exact) mass is 255 g/mol. The van der Waals surface area contributed by atoms with Crippen LogP contribution in [0.3, 0.4) is 0 Å². The maximum absolute atomic E-state index is 11.6. The number of benzene rings is 1. The van der Waals surface area contributed by atoms with Crippen molar-refractivity contribution in [1.29, 1.82) is 0 Å². The summed E-state index contributed by atoms with van der Waals surface area (Å²) in [6.07, 6.45) is 1.99. The molecule has 17 heavy (non-hydrogen) atoms. The molecule has 4 heteroatoms. The summed E-state index contributed by atoms with van der Waals surface area (Å²) in [5.74, 6) is 0.153. The smallest absolute Gasteiger partial charge is 0.178 e. The molecule has 0 aliphatic carbocycles. The van der Waals surface area contributed by atoms with E-state index < -0.39 is 9.84 Å². The summed E-state index contributed by atoms with van der Waals surface area (Å²) in [6.45, 7) is 3.80. The lowest BCUT2D eigenvalue weighted by Gasteiger charge is -2.13. The highest BCUT2D eigenvalue weighted by atomic mass is 32.2. The Kier molecular flexibility index (Phi) is 5.15. The van der Waals surface area contributed by atoms with Crippen LogP contribution in [0.1, 0.15) is 25.8 Å². The zero-order chi connectivity index (χ0) is 12.9. The minimum atomic E-state index is -3.07. The fraction of sp³-hybridized carbons (Fsp3) is 0.538. The van der Waals surface area contributed by atoms with Crippen LogP contribution in [0.25, 0.3) is 0 Å². The van der Waals surface area contributed by atoms with Crippen LogP contribution < -0.4 is 5.32 Å². The molecule has 0 aliphatic heterocycles. The standard InChI is InChI=1S/C13H21NO2S/c1-4-12(14-3)10-11-6-8-13(9-7-11)17(15,16)5-2/h6-9,12,14H,4-5,10H2,1-3H3. The Hall–Kier alpha value is -0.870. The van der Waals surface area contributed by atoms with Gasteiger partial charge in [-0.3, -0.25) is 0 Å². The summed E-state index contributed by atoms with van der Waals surface area (Å²) in [6, 6.07) is 7.67. The predicted octanol–water partition coefficient (Wildman–Crippen LogP) is 2.02. The highest BCUT2D eigenvalue weighted by Crippen LogP contribution is 2.13. The molecular weight excluding hydrogens is 234 g/mol.